The van der Waals surface area contributed by atoms with Gasteiger partial charge in [-0.3, -0.25) is 4.79 Å². The Morgan fingerprint density at radius 2 is 1.95 bits per heavy atom. The molecule has 1 aliphatic rings. The standard InChI is InChI=1S/C17H25NO3/c1-18(13-15-4-2-3-5-15)10-11-21-16-8-6-14(7-9-16)12-17(19)20/h6-9,15H,2-5,10-13H2,1H3,(H,19,20). The first-order valence-electron chi connectivity index (χ1n) is 7.75. The van der Waals surface area contributed by atoms with E-state index in [0.29, 0.717) is 6.61 Å². The number of benzene rings is 1. The van der Waals surface area contributed by atoms with Gasteiger partial charge in [0.05, 0.1) is 6.42 Å². The number of rotatable bonds is 8. The van der Waals surface area contributed by atoms with Gasteiger partial charge >= 0.3 is 5.97 Å². The van der Waals surface area contributed by atoms with Crippen LogP contribution in [-0.2, 0) is 11.2 Å². The lowest BCUT2D eigenvalue weighted by atomic mass is 10.1. The number of hydrogen-bond acceptors (Lipinski definition) is 3. The lowest BCUT2D eigenvalue weighted by Gasteiger charge is -2.20. The van der Waals surface area contributed by atoms with E-state index in [9.17, 15) is 4.79 Å². The van der Waals surface area contributed by atoms with Gasteiger partial charge in [-0.15, -0.1) is 0 Å². The van der Waals surface area contributed by atoms with Gasteiger partial charge in [0.25, 0.3) is 0 Å². The van der Waals surface area contributed by atoms with Crippen LogP contribution in [0.5, 0.6) is 5.75 Å². The van der Waals surface area contributed by atoms with E-state index in [4.69, 9.17) is 9.84 Å². The molecule has 2 rings (SSSR count). The summed E-state index contributed by atoms with van der Waals surface area (Å²) in [5, 5.41) is 8.72. The van der Waals surface area contributed by atoms with Crippen LogP contribution in [0.4, 0.5) is 0 Å². The summed E-state index contributed by atoms with van der Waals surface area (Å²) >= 11 is 0. The largest absolute Gasteiger partial charge is 0.492 e. The summed E-state index contributed by atoms with van der Waals surface area (Å²) in [6.07, 6.45) is 5.58. The van der Waals surface area contributed by atoms with E-state index in [1.807, 2.05) is 24.3 Å². The molecular weight excluding hydrogens is 266 g/mol. The molecule has 0 heterocycles. The molecule has 0 amide bonds. The first kappa shape index (κ1) is 15.8. The van der Waals surface area contributed by atoms with Gasteiger partial charge in [-0.25, -0.2) is 0 Å². The summed E-state index contributed by atoms with van der Waals surface area (Å²) in [4.78, 5) is 12.9. The Balaban J connectivity index is 1.66. The minimum atomic E-state index is -0.808. The SMILES string of the molecule is CN(CCOc1ccc(CC(=O)O)cc1)CC1CCCC1. The van der Waals surface area contributed by atoms with Crippen molar-refractivity contribution in [1.82, 2.24) is 4.90 Å². The molecule has 4 nitrogen and oxygen atoms in total. The quantitative estimate of drug-likeness (QED) is 0.800. The van der Waals surface area contributed by atoms with Crippen molar-refractivity contribution in [2.75, 3.05) is 26.7 Å². The number of carbonyl (C=O) groups is 1. The Morgan fingerprint density at radius 1 is 1.29 bits per heavy atom. The smallest absolute Gasteiger partial charge is 0.307 e. The molecule has 0 spiro atoms. The molecule has 0 unspecified atom stereocenters. The average Bonchev–Trinajstić information content (AvgIpc) is 2.93. The highest BCUT2D eigenvalue weighted by Crippen LogP contribution is 2.25. The number of carboxylic acid groups (broad SMARTS) is 1. The van der Waals surface area contributed by atoms with Crippen molar-refractivity contribution < 1.29 is 14.6 Å². The molecule has 1 saturated carbocycles. The molecule has 0 radical (unpaired) electrons. The lowest BCUT2D eigenvalue weighted by molar-refractivity contribution is -0.136. The van der Waals surface area contributed by atoms with Gasteiger partial charge in [-0.1, -0.05) is 25.0 Å². The minimum absolute atomic E-state index is 0.0599. The summed E-state index contributed by atoms with van der Waals surface area (Å²) in [5.74, 6) is 0.862. The number of ether oxygens (including phenoxy) is 1. The highest BCUT2D eigenvalue weighted by Gasteiger charge is 2.16. The van der Waals surface area contributed by atoms with Gasteiger partial charge < -0.3 is 14.7 Å². The van der Waals surface area contributed by atoms with Crippen LogP contribution in [0.2, 0.25) is 0 Å². The second-order valence-electron chi connectivity index (χ2n) is 5.98. The van der Waals surface area contributed by atoms with Crippen LogP contribution in [0.25, 0.3) is 0 Å². The van der Waals surface area contributed by atoms with E-state index in [1.165, 1.54) is 32.2 Å². The van der Waals surface area contributed by atoms with Crippen LogP contribution >= 0.6 is 0 Å². The molecule has 1 aromatic carbocycles. The number of likely N-dealkylation sites (N-methyl/N-ethyl adjacent to an activating group) is 1. The van der Waals surface area contributed by atoms with Crippen molar-refractivity contribution >= 4 is 5.97 Å². The third-order valence-corrected chi connectivity index (χ3v) is 4.07. The molecular formula is C17H25NO3. The molecule has 21 heavy (non-hydrogen) atoms. The Kier molecular flexibility index (Phi) is 6.05. The van der Waals surface area contributed by atoms with Crippen LogP contribution in [0.1, 0.15) is 31.2 Å². The molecule has 0 aliphatic heterocycles. The number of aliphatic carboxylic acids is 1. The fourth-order valence-corrected chi connectivity index (χ4v) is 2.92. The van der Waals surface area contributed by atoms with Crippen molar-refractivity contribution in [3.8, 4) is 5.75 Å². The third kappa shape index (κ3) is 5.76. The molecule has 0 bridgehead atoms. The van der Waals surface area contributed by atoms with Crippen molar-refractivity contribution in [2.45, 2.75) is 32.1 Å². The highest BCUT2D eigenvalue weighted by atomic mass is 16.5. The topological polar surface area (TPSA) is 49.8 Å². The maximum Gasteiger partial charge on any atom is 0.307 e. The van der Waals surface area contributed by atoms with Crippen LogP contribution in [-0.4, -0.2) is 42.7 Å². The predicted octanol–water partition coefficient (Wildman–Crippen LogP) is 2.81. The summed E-state index contributed by atoms with van der Waals surface area (Å²) < 4.78 is 5.71. The number of nitrogens with zero attached hydrogens (tertiary/aromatic N) is 1. The van der Waals surface area contributed by atoms with Crippen molar-refractivity contribution in [3.63, 3.8) is 0 Å². The summed E-state index contributed by atoms with van der Waals surface area (Å²) in [6, 6.07) is 7.31. The molecule has 1 aromatic rings. The molecule has 0 saturated heterocycles. The van der Waals surface area contributed by atoms with Crippen molar-refractivity contribution in [2.24, 2.45) is 5.92 Å². The Labute approximate surface area is 126 Å². The number of hydrogen-bond donors (Lipinski definition) is 1. The van der Waals surface area contributed by atoms with Gasteiger partial charge in [0.15, 0.2) is 0 Å². The molecule has 4 heteroatoms. The van der Waals surface area contributed by atoms with Gasteiger partial charge in [-0.05, 0) is 43.5 Å². The zero-order valence-electron chi connectivity index (χ0n) is 12.8. The Morgan fingerprint density at radius 3 is 2.57 bits per heavy atom. The van der Waals surface area contributed by atoms with Gasteiger partial charge in [0.2, 0.25) is 0 Å². The summed E-state index contributed by atoms with van der Waals surface area (Å²) in [6.45, 7) is 2.76. The monoisotopic (exact) mass is 291 g/mol. The van der Waals surface area contributed by atoms with Gasteiger partial charge in [-0.2, -0.15) is 0 Å². The van der Waals surface area contributed by atoms with Gasteiger partial charge in [0, 0.05) is 13.1 Å². The van der Waals surface area contributed by atoms with E-state index in [1.54, 1.807) is 0 Å². The maximum absolute atomic E-state index is 10.6. The maximum atomic E-state index is 10.6. The minimum Gasteiger partial charge on any atom is -0.492 e. The van der Waals surface area contributed by atoms with Crippen molar-refractivity contribution in [3.05, 3.63) is 29.8 Å². The first-order valence-corrected chi connectivity index (χ1v) is 7.75. The van der Waals surface area contributed by atoms with Crippen LogP contribution in [0.3, 0.4) is 0 Å². The fourth-order valence-electron chi connectivity index (χ4n) is 2.92. The fraction of sp³-hybridized carbons (Fsp3) is 0.588. The number of carboxylic acids is 1. The van der Waals surface area contributed by atoms with E-state index in [-0.39, 0.29) is 6.42 Å². The first-order chi connectivity index (χ1) is 10.1. The van der Waals surface area contributed by atoms with E-state index in [0.717, 1.165) is 23.8 Å². The molecule has 1 N–H and O–H groups in total. The van der Waals surface area contributed by atoms with Crippen LogP contribution < -0.4 is 4.74 Å². The molecule has 1 fully saturated rings. The van der Waals surface area contributed by atoms with Crippen LogP contribution in [0.15, 0.2) is 24.3 Å². The summed E-state index contributed by atoms with van der Waals surface area (Å²) in [5.41, 5.74) is 0.799. The molecule has 116 valence electrons. The van der Waals surface area contributed by atoms with E-state index < -0.39 is 5.97 Å². The van der Waals surface area contributed by atoms with E-state index >= 15 is 0 Å². The second-order valence-corrected chi connectivity index (χ2v) is 5.98. The predicted molar refractivity (Wildman–Crippen MR) is 82.7 cm³/mol. The van der Waals surface area contributed by atoms with Crippen LogP contribution in [0, 0.1) is 5.92 Å². The second kappa shape index (κ2) is 8.03. The van der Waals surface area contributed by atoms with Crippen molar-refractivity contribution in [1.29, 1.82) is 0 Å². The third-order valence-electron chi connectivity index (χ3n) is 4.07. The lowest BCUT2D eigenvalue weighted by Crippen LogP contribution is -2.28. The van der Waals surface area contributed by atoms with Gasteiger partial charge in [0.1, 0.15) is 12.4 Å². The van der Waals surface area contributed by atoms with E-state index in [2.05, 4.69) is 11.9 Å². The molecule has 0 atom stereocenters. The molecule has 0 aromatic heterocycles. The zero-order valence-corrected chi connectivity index (χ0v) is 12.8. The Bertz CT molecular complexity index is 438. The Hall–Kier alpha value is -1.55. The highest BCUT2D eigenvalue weighted by molar-refractivity contribution is 5.70. The normalized spacial score (nSPS) is 15.5. The summed E-state index contributed by atoms with van der Waals surface area (Å²) in [7, 11) is 2.15. The zero-order chi connectivity index (χ0) is 15.1. The molecule has 1 aliphatic carbocycles. The average molecular weight is 291 g/mol.